The maximum Gasteiger partial charge on any atom is 0.338 e. The lowest BCUT2D eigenvalue weighted by atomic mass is 10.1. The van der Waals surface area contributed by atoms with Crippen molar-refractivity contribution in [2.75, 3.05) is 56.7 Å². The van der Waals surface area contributed by atoms with Crippen molar-refractivity contribution in [3.63, 3.8) is 0 Å². The molecule has 0 atom stereocenters. The van der Waals surface area contributed by atoms with E-state index in [1.165, 1.54) is 16.8 Å². The minimum absolute atomic E-state index is 0.150. The lowest BCUT2D eigenvalue weighted by Gasteiger charge is -2.37. The summed E-state index contributed by atoms with van der Waals surface area (Å²) in [4.78, 5) is 30.8. The number of nitrogens with zero attached hydrogens (tertiary/aromatic N) is 3. The van der Waals surface area contributed by atoms with Gasteiger partial charge in [0.05, 0.1) is 5.56 Å². The van der Waals surface area contributed by atoms with E-state index in [9.17, 15) is 9.59 Å². The molecule has 0 bridgehead atoms. The highest BCUT2D eigenvalue weighted by atomic mass is 16.5. The van der Waals surface area contributed by atoms with Gasteiger partial charge in [-0.3, -0.25) is 4.79 Å². The Morgan fingerprint density at radius 1 is 1.00 bits per heavy atom. The van der Waals surface area contributed by atoms with E-state index in [0.29, 0.717) is 18.7 Å². The molecule has 0 aliphatic carbocycles. The molecule has 1 aliphatic heterocycles. The molecule has 154 valence electrons. The van der Waals surface area contributed by atoms with Crippen LogP contribution in [0.2, 0.25) is 0 Å². The van der Waals surface area contributed by atoms with Gasteiger partial charge in [0.15, 0.2) is 6.61 Å². The number of carbonyl (C=O) groups excluding carboxylic acids is 2. The standard InChI is InChI=1S/C23H29N3O3/c1-17-7-5-10-21(18(17)2)25-11-13-26(14-12-25)22(27)16-29-23(28)19-8-6-9-20(15-19)24(3)4/h5-10,15H,11-14,16H2,1-4H3. The van der Waals surface area contributed by atoms with Crippen molar-refractivity contribution >= 4 is 23.3 Å². The largest absolute Gasteiger partial charge is 0.452 e. The Labute approximate surface area is 172 Å². The second-order valence-electron chi connectivity index (χ2n) is 7.61. The van der Waals surface area contributed by atoms with Gasteiger partial charge in [-0.25, -0.2) is 4.79 Å². The highest BCUT2D eigenvalue weighted by Gasteiger charge is 2.23. The molecule has 2 aromatic carbocycles. The molecule has 6 nitrogen and oxygen atoms in total. The van der Waals surface area contributed by atoms with Crippen LogP contribution in [0.4, 0.5) is 11.4 Å². The zero-order valence-corrected chi connectivity index (χ0v) is 17.6. The molecule has 0 aromatic heterocycles. The molecule has 3 rings (SSSR count). The molecule has 6 heteroatoms. The molecule has 0 N–H and O–H groups in total. The molecule has 1 amide bonds. The van der Waals surface area contributed by atoms with Crippen LogP contribution in [0.3, 0.4) is 0 Å². The summed E-state index contributed by atoms with van der Waals surface area (Å²) in [6, 6.07) is 13.5. The van der Waals surface area contributed by atoms with Gasteiger partial charge in [0, 0.05) is 51.6 Å². The molecule has 0 radical (unpaired) electrons. The SMILES string of the molecule is Cc1cccc(N2CCN(C(=O)COC(=O)c3cccc(N(C)C)c3)CC2)c1C. The van der Waals surface area contributed by atoms with Gasteiger partial charge >= 0.3 is 5.97 Å². The van der Waals surface area contributed by atoms with Gasteiger partial charge in [0.25, 0.3) is 5.91 Å². The van der Waals surface area contributed by atoms with E-state index in [1.54, 1.807) is 23.1 Å². The summed E-state index contributed by atoms with van der Waals surface area (Å²) in [5, 5.41) is 0. The molecular weight excluding hydrogens is 366 g/mol. The van der Waals surface area contributed by atoms with E-state index < -0.39 is 5.97 Å². The molecule has 0 saturated carbocycles. The maximum atomic E-state index is 12.5. The number of carbonyl (C=O) groups is 2. The molecule has 29 heavy (non-hydrogen) atoms. The van der Waals surface area contributed by atoms with Gasteiger partial charge in [-0.2, -0.15) is 0 Å². The first-order valence-electron chi connectivity index (χ1n) is 9.90. The first-order valence-corrected chi connectivity index (χ1v) is 9.90. The van der Waals surface area contributed by atoms with Crippen molar-refractivity contribution in [2.45, 2.75) is 13.8 Å². The van der Waals surface area contributed by atoms with E-state index in [2.05, 4.69) is 36.9 Å². The average molecular weight is 396 g/mol. The highest BCUT2D eigenvalue weighted by molar-refractivity contribution is 5.92. The number of ether oxygens (including phenoxy) is 1. The molecule has 1 saturated heterocycles. The Morgan fingerprint density at radius 2 is 1.69 bits per heavy atom. The number of rotatable bonds is 5. The fourth-order valence-corrected chi connectivity index (χ4v) is 3.49. The second kappa shape index (κ2) is 8.99. The van der Waals surface area contributed by atoms with Crippen LogP contribution in [-0.4, -0.2) is 63.7 Å². The first kappa shape index (κ1) is 20.7. The quantitative estimate of drug-likeness (QED) is 0.729. The normalized spacial score (nSPS) is 13.9. The van der Waals surface area contributed by atoms with Crippen LogP contribution < -0.4 is 9.80 Å². The van der Waals surface area contributed by atoms with Crippen LogP contribution in [0.1, 0.15) is 21.5 Å². The summed E-state index contributed by atoms with van der Waals surface area (Å²) in [5.41, 5.74) is 5.13. The third-order valence-electron chi connectivity index (χ3n) is 5.47. The number of hydrogen-bond acceptors (Lipinski definition) is 5. The van der Waals surface area contributed by atoms with Crippen molar-refractivity contribution in [1.82, 2.24) is 4.90 Å². The van der Waals surface area contributed by atoms with Crippen LogP contribution in [0.5, 0.6) is 0 Å². The first-order chi connectivity index (χ1) is 13.9. The second-order valence-corrected chi connectivity index (χ2v) is 7.61. The number of benzene rings is 2. The van der Waals surface area contributed by atoms with Crippen LogP contribution in [0.15, 0.2) is 42.5 Å². The summed E-state index contributed by atoms with van der Waals surface area (Å²) >= 11 is 0. The fraction of sp³-hybridized carbons (Fsp3) is 0.391. The molecule has 2 aromatic rings. The summed E-state index contributed by atoms with van der Waals surface area (Å²) in [6.45, 7) is 6.81. The molecule has 1 fully saturated rings. The summed E-state index contributed by atoms with van der Waals surface area (Å²) in [6.07, 6.45) is 0. The average Bonchev–Trinajstić information content (AvgIpc) is 2.74. The van der Waals surface area contributed by atoms with Crippen LogP contribution in [0.25, 0.3) is 0 Å². The van der Waals surface area contributed by atoms with Gasteiger partial charge in [0.1, 0.15) is 0 Å². The van der Waals surface area contributed by atoms with Crippen molar-refractivity contribution in [3.05, 3.63) is 59.2 Å². The van der Waals surface area contributed by atoms with Crippen molar-refractivity contribution < 1.29 is 14.3 Å². The fourth-order valence-electron chi connectivity index (χ4n) is 3.49. The minimum Gasteiger partial charge on any atom is -0.452 e. The van der Waals surface area contributed by atoms with E-state index in [-0.39, 0.29) is 12.5 Å². The third-order valence-corrected chi connectivity index (χ3v) is 5.47. The summed E-state index contributed by atoms with van der Waals surface area (Å²) in [5.74, 6) is -0.626. The Morgan fingerprint density at radius 3 is 2.38 bits per heavy atom. The molecule has 1 aliphatic rings. The monoisotopic (exact) mass is 395 g/mol. The predicted molar refractivity (Wildman–Crippen MR) is 116 cm³/mol. The Kier molecular flexibility index (Phi) is 6.42. The molecular formula is C23H29N3O3. The van der Waals surface area contributed by atoms with Crippen molar-refractivity contribution in [1.29, 1.82) is 0 Å². The number of amides is 1. The Balaban J connectivity index is 1.52. The zero-order valence-electron chi connectivity index (χ0n) is 17.6. The lowest BCUT2D eigenvalue weighted by molar-refractivity contribution is -0.134. The van der Waals surface area contributed by atoms with Crippen LogP contribution >= 0.6 is 0 Å². The van der Waals surface area contributed by atoms with E-state index >= 15 is 0 Å². The van der Waals surface area contributed by atoms with Gasteiger partial charge in [0.2, 0.25) is 0 Å². The van der Waals surface area contributed by atoms with Crippen molar-refractivity contribution in [2.24, 2.45) is 0 Å². The lowest BCUT2D eigenvalue weighted by Crippen LogP contribution is -2.50. The minimum atomic E-state index is -0.476. The van der Waals surface area contributed by atoms with Crippen molar-refractivity contribution in [3.8, 4) is 0 Å². The van der Waals surface area contributed by atoms with Gasteiger partial charge < -0.3 is 19.4 Å². The molecule has 0 spiro atoms. The zero-order chi connectivity index (χ0) is 21.0. The predicted octanol–water partition coefficient (Wildman–Crippen LogP) is 2.88. The smallest absolute Gasteiger partial charge is 0.338 e. The Bertz CT molecular complexity index is 887. The number of esters is 1. The molecule has 0 unspecified atom stereocenters. The van der Waals surface area contributed by atoms with E-state index in [0.717, 1.165) is 18.8 Å². The van der Waals surface area contributed by atoms with Gasteiger partial charge in [-0.1, -0.05) is 18.2 Å². The van der Waals surface area contributed by atoms with E-state index in [4.69, 9.17) is 4.74 Å². The topological polar surface area (TPSA) is 53.1 Å². The Hall–Kier alpha value is -3.02. The number of piperazine rings is 1. The van der Waals surface area contributed by atoms with Gasteiger partial charge in [-0.15, -0.1) is 0 Å². The maximum absolute atomic E-state index is 12.5. The summed E-state index contributed by atoms with van der Waals surface area (Å²) < 4.78 is 5.26. The number of aryl methyl sites for hydroxylation is 1. The number of anilines is 2. The summed E-state index contributed by atoms with van der Waals surface area (Å²) in [7, 11) is 3.82. The third kappa shape index (κ3) is 4.88. The van der Waals surface area contributed by atoms with Crippen LogP contribution in [0, 0.1) is 13.8 Å². The molecule has 1 heterocycles. The van der Waals surface area contributed by atoms with Crippen LogP contribution in [-0.2, 0) is 9.53 Å². The van der Waals surface area contributed by atoms with Gasteiger partial charge in [-0.05, 0) is 49.2 Å². The highest BCUT2D eigenvalue weighted by Crippen LogP contribution is 2.24. The van der Waals surface area contributed by atoms with E-state index in [1.807, 2.05) is 25.1 Å². The number of hydrogen-bond donors (Lipinski definition) is 0.